The minimum Gasteiger partial charge on any atom is -0.494 e. The van der Waals surface area contributed by atoms with E-state index in [1.807, 2.05) is 19.1 Å². The number of alkyl halides is 1. The van der Waals surface area contributed by atoms with Gasteiger partial charge in [0.1, 0.15) is 5.75 Å². The maximum atomic E-state index is 6.64. The van der Waals surface area contributed by atoms with Crippen molar-refractivity contribution in [2.75, 3.05) is 6.61 Å². The maximum absolute atomic E-state index is 6.64. The highest BCUT2D eigenvalue weighted by molar-refractivity contribution is 9.10. The molecular formula is C17H24BrClO. The first-order valence-electron chi connectivity index (χ1n) is 7.77. The molecule has 0 heterocycles. The quantitative estimate of drug-likeness (QED) is 0.527. The second-order valence-corrected chi connectivity index (χ2v) is 7.11. The summed E-state index contributed by atoms with van der Waals surface area (Å²) in [6, 6.07) is 6.13. The van der Waals surface area contributed by atoms with Crippen LogP contribution in [0.2, 0.25) is 0 Å². The summed E-state index contributed by atoms with van der Waals surface area (Å²) < 4.78 is 6.77. The summed E-state index contributed by atoms with van der Waals surface area (Å²) in [4.78, 5) is 0. The van der Waals surface area contributed by atoms with Gasteiger partial charge in [-0.25, -0.2) is 0 Å². The van der Waals surface area contributed by atoms with Crippen molar-refractivity contribution in [3.63, 3.8) is 0 Å². The summed E-state index contributed by atoms with van der Waals surface area (Å²) in [6.45, 7) is 2.69. The SMILES string of the molecule is CCOc1ccc(Br)cc1C(Cl)CCC1CCCCC1. The first-order valence-corrected chi connectivity index (χ1v) is 9.00. The Bertz CT molecular complexity index is 415. The van der Waals surface area contributed by atoms with Crippen LogP contribution in [-0.4, -0.2) is 6.61 Å². The molecular weight excluding hydrogens is 336 g/mol. The van der Waals surface area contributed by atoms with Crippen molar-refractivity contribution in [1.82, 2.24) is 0 Å². The van der Waals surface area contributed by atoms with E-state index in [-0.39, 0.29) is 5.38 Å². The van der Waals surface area contributed by atoms with E-state index in [0.717, 1.165) is 28.1 Å². The van der Waals surface area contributed by atoms with Crippen LogP contribution in [0.15, 0.2) is 22.7 Å². The van der Waals surface area contributed by atoms with Gasteiger partial charge >= 0.3 is 0 Å². The number of ether oxygens (including phenoxy) is 1. The largest absolute Gasteiger partial charge is 0.494 e. The first kappa shape index (κ1) is 16.2. The van der Waals surface area contributed by atoms with E-state index in [0.29, 0.717) is 6.61 Å². The Morgan fingerprint density at radius 2 is 2.05 bits per heavy atom. The Morgan fingerprint density at radius 1 is 1.30 bits per heavy atom. The molecule has 1 aromatic rings. The van der Waals surface area contributed by atoms with Gasteiger partial charge in [-0.1, -0.05) is 48.0 Å². The smallest absolute Gasteiger partial charge is 0.124 e. The van der Waals surface area contributed by atoms with E-state index < -0.39 is 0 Å². The molecule has 112 valence electrons. The zero-order valence-electron chi connectivity index (χ0n) is 12.2. The highest BCUT2D eigenvalue weighted by Crippen LogP contribution is 2.37. The van der Waals surface area contributed by atoms with Crippen LogP contribution in [0.4, 0.5) is 0 Å². The van der Waals surface area contributed by atoms with Crippen molar-refractivity contribution in [3.05, 3.63) is 28.2 Å². The van der Waals surface area contributed by atoms with Crippen LogP contribution in [0.5, 0.6) is 5.75 Å². The number of hydrogen-bond acceptors (Lipinski definition) is 1. The van der Waals surface area contributed by atoms with E-state index >= 15 is 0 Å². The van der Waals surface area contributed by atoms with Crippen LogP contribution in [0.1, 0.15) is 62.8 Å². The minimum absolute atomic E-state index is 0.0518. The number of hydrogen-bond donors (Lipinski definition) is 0. The second kappa shape index (κ2) is 8.29. The lowest BCUT2D eigenvalue weighted by molar-refractivity contribution is 0.324. The normalized spacial score (nSPS) is 17.9. The van der Waals surface area contributed by atoms with Gasteiger partial charge in [0.05, 0.1) is 12.0 Å². The van der Waals surface area contributed by atoms with Crippen molar-refractivity contribution in [3.8, 4) is 5.75 Å². The Labute approximate surface area is 136 Å². The lowest BCUT2D eigenvalue weighted by Crippen LogP contribution is -2.07. The highest BCUT2D eigenvalue weighted by atomic mass is 79.9. The molecule has 1 atom stereocenters. The molecule has 1 unspecified atom stereocenters. The zero-order valence-corrected chi connectivity index (χ0v) is 14.5. The van der Waals surface area contributed by atoms with Gasteiger partial charge in [-0.3, -0.25) is 0 Å². The van der Waals surface area contributed by atoms with Crippen LogP contribution < -0.4 is 4.74 Å². The zero-order chi connectivity index (χ0) is 14.4. The van der Waals surface area contributed by atoms with Crippen LogP contribution in [-0.2, 0) is 0 Å². The van der Waals surface area contributed by atoms with Gasteiger partial charge in [0.2, 0.25) is 0 Å². The number of halogens is 2. The summed E-state index contributed by atoms with van der Waals surface area (Å²) in [6.07, 6.45) is 9.29. The third-order valence-corrected chi connectivity index (χ3v) is 5.11. The van der Waals surface area contributed by atoms with E-state index in [9.17, 15) is 0 Å². The lowest BCUT2D eigenvalue weighted by atomic mass is 9.85. The molecule has 0 bridgehead atoms. The maximum Gasteiger partial charge on any atom is 0.124 e. The van der Waals surface area contributed by atoms with Gasteiger partial charge in [-0.15, -0.1) is 11.6 Å². The molecule has 0 saturated heterocycles. The molecule has 0 aliphatic heterocycles. The van der Waals surface area contributed by atoms with E-state index in [4.69, 9.17) is 16.3 Å². The molecule has 1 nitrogen and oxygen atoms in total. The molecule has 20 heavy (non-hydrogen) atoms. The molecule has 3 heteroatoms. The van der Waals surface area contributed by atoms with Crippen LogP contribution in [0.3, 0.4) is 0 Å². The predicted octanol–water partition coefficient (Wildman–Crippen LogP) is 6.49. The Balaban J connectivity index is 1.96. The molecule has 1 aliphatic carbocycles. The second-order valence-electron chi connectivity index (χ2n) is 5.66. The standard InChI is InChI=1S/C17H24BrClO/c1-2-20-17-11-9-14(18)12-15(17)16(19)10-8-13-6-4-3-5-7-13/h9,11-13,16H,2-8,10H2,1H3. The highest BCUT2D eigenvalue weighted by Gasteiger charge is 2.18. The predicted molar refractivity (Wildman–Crippen MR) is 89.7 cm³/mol. The number of rotatable bonds is 6. The van der Waals surface area contributed by atoms with E-state index in [1.54, 1.807) is 0 Å². The summed E-state index contributed by atoms with van der Waals surface area (Å²) in [7, 11) is 0. The van der Waals surface area contributed by atoms with E-state index in [1.165, 1.54) is 38.5 Å². The Kier molecular flexibility index (Phi) is 6.70. The molecule has 0 N–H and O–H groups in total. The monoisotopic (exact) mass is 358 g/mol. The van der Waals surface area contributed by atoms with Gasteiger partial charge in [0, 0.05) is 10.0 Å². The van der Waals surface area contributed by atoms with Crippen LogP contribution >= 0.6 is 27.5 Å². The van der Waals surface area contributed by atoms with E-state index in [2.05, 4.69) is 22.0 Å². The summed E-state index contributed by atoms with van der Waals surface area (Å²) in [5.41, 5.74) is 1.12. The van der Waals surface area contributed by atoms with Crippen LogP contribution in [0.25, 0.3) is 0 Å². The topological polar surface area (TPSA) is 9.23 Å². The lowest BCUT2D eigenvalue weighted by Gasteiger charge is -2.23. The van der Waals surface area contributed by atoms with Gasteiger partial charge in [-0.05, 0) is 43.9 Å². The molecule has 0 amide bonds. The fourth-order valence-corrected chi connectivity index (χ4v) is 3.74. The molecule has 0 radical (unpaired) electrons. The van der Waals surface area contributed by atoms with Crippen molar-refractivity contribution < 1.29 is 4.74 Å². The average Bonchev–Trinajstić information content (AvgIpc) is 2.48. The summed E-state index contributed by atoms with van der Waals surface area (Å²) in [5, 5.41) is 0.0518. The van der Waals surface area contributed by atoms with Gasteiger partial charge in [0.25, 0.3) is 0 Å². The van der Waals surface area contributed by atoms with Crippen molar-refractivity contribution >= 4 is 27.5 Å². The van der Waals surface area contributed by atoms with Crippen molar-refractivity contribution in [1.29, 1.82) is 0 Å². The number of benzene rings is 1. The Morgan fingerprint density at radius 3 is 2.75 bits per heavy atom. The third kappa shape index (κ3) is 4.66. The van der Waals surface area contributed by atoms with Crippen molar-refractivity contribution in [2.45, 2.75) is 57.2 Å². The molecule has 1 saturated carbocycles. The average molecular weight is 360 g/mol. The van der Waals surface area contributed by atoms with Crippen LogP contribution in [0, 0.1) is 5.92 Å². The van der Waals surface area contributed by atoms with Gasteiger partial charge < -0.3 is 4.74 Å². The molecule has 0 aromatic heterocycles. The Hall–Kier alpha value is -0.210. The fraction of sp³-hybridized carbons (Fsp3) is 0.647. The minimum atomic E-state index is 0.0518. The van der Waals surface area contributed by atoms with Crippen molar-refractivity contribution in [2.24, 2.45) is 5.92 Å². The molecule has 1 aliphatic rings. The first-order chi connectivity index (χ1) is 9.70. The summed E-state index contributed by atoms with van der Waals surface area (Å²) >= 11 is 10.2. The van der Waals surface area contributed by atoms with Gasteiger partial charge in [-0.2, -0.15) is 0 Å². The molecule has 2 rings (SSSR count). The third-order valence-electron chi connectivity index (χ3n) is 4.16. The molecule has 1 aromatic carbocycles. The fourth-order valence-electron chi connectivity index (χ4n) is 3.06. The molecule has 0 spiro atoms. The molecule has 1 fully saturated rings. The summed E-state index contributed by atoms with van der Waals surface area (Å²) in [5.74, 6) is 1.81. The van der Waals surface area contributed by atoms with Gasteiger partial charge in [0.15, 0.2) is 0 Å².